The van der Waals surface area contributed by atoms with Gasteiger partial charge in [0.05, 0.1) is 12.8 Å². The average molecular weight is 477 g/mol. The maximum Gasteiger partial charge on any atom is 0.248 e. The highest BCUT2D eigenvalue weighted by Crippen LogP contribution is 2.34. The molecular formula is C26H28N4O3S. The topological polar surface area (TPSA) is 85.4 Å². The Morgan fingerprint density at radius 3 is 2.76 bits per heavy atom. The van der Waals surface area contributed by atoms with Gasteiger partial charge in [-0.3, -0.25) is 4.79 Å². The Morgan fingerprint density at radius 1 is 1.12 bits per heavy atom. The molecule has 0 radical (unpaired) electrons. The fourth-order valence-corrected chi connectivity index (χ4v) is 4.41. The average Bonchev–Trinajstić information content (AvgIpc) is 2.85. The number of methoxy groups -OCH3 is 1. The van der Waals surface area contributed by atoms with E-state index in [2.05, 4.69) is 22.5 Å². The number of ether oxygens (including phenoxy) is 2. The molecule has 0 fully saturated rings. The van der Waals surface area contributed by atoms with Gasteiger partial charge in [-0.1, -0.05) is 25.5 Å². The number of fused-ring (bicyclic) bond motifs is 1. The number of allylic oxidation sites excluding steroid dienone is 1. The van der Waals surface area contributed by atoms with Crippen molar-refractivity contribution in [3.63, 3.8) is 0 Å². The molecule has 1 amide bonds. The lowest BCUT2D eigenvalue weighted by Gasteiger charge is -2.19. The van der Waals surface area contributed by atoms with Crippen LogP contribution in [0, 0.1) is 0 Å². The quantitative estimate of drug-likeness (QED) is 0.361. The number of hydrogen-bond donors (Lipinski definition) is 2. The van der Waals surface area contributed by atoms with E-state index in [0.717, 1.165) is 53.5 Å². The van der Waals surface area contributed by atoms with E-state index in [1.807, 2.05) is 60.3 Å². The molecule has 0 bridgehead atoms. The number of amides is 1. The van der Waals surface area contributed by atoms with Crippen molar-refractivity contribution in [3.05, 3.63) is 71.9 Å². The van der Waals surface area contributed by atoms with Gasteiger partial charge >= 0.3 is 0 Å². The Balaban J connectivity index is 1.55. The van der Waals surface area contributed by atoms with Gasteiger partial charge in [0, 0.05) is 28.8 Å². The number of unbranched alkanes of at least 4 members (excludes halogenated alkanes) is 1. The molecule has 1 aromatic heterocycles. The lowest BCUT2D eigenvalue weighted by Crippen LogP contribution is -2.11. The molecule has 0 unspecified atom stereocenters. The van der Waals surface area contributed by atoms with Crippen molar-refractivity contribution in [2.45, 2.75) is 31.9 Å². The molecule has 0 atom stereocenters. The zero-order chi connectivity index (χ0) is 23.8. The molecule has 2 aromatic carbocycles. The highest BCUT2D eigenvalue weighted by Gasteiger charge is 2.20. The number of carbonyl (C=O) groups is 1. The van der Waals surface area contributed by atoms with Gasteiger partial charge in [-0.25, -0.2) is 4.98 Å². The number of nitrogens with one attached hydrogen (secondary N) is 2. The Bertz CT molecular complexity index is 1170. The van der Waals surface area contributed by atoms with E-state index in [4.69, 9.17) is 14.5 Å². The highest BCUT2D eigenvalue weighted by atomic mass is 32.2. The molecule has 34 heavy (non-hydrogen) atoms. The van der Waals surface area contributed by atoms with Crippen LogP contribution >= 0.6 is 11.8 Å². The summed E-state index contributed by atoms with van der Waals surface area (Å²) >= 11 is 1.84. The second-order valence-corrected chi connectivity index (χ2v) is 8.85. The van der Waals surface area contributed by atoms with Crippen molar-refractivity contribution in [3.8, 4) is 17.4 Å². The van der Waals surface area contributed by atoms with Crippen LogP contribution in [0.4, 0.5) is 17.3 Å². The third-order valence-corrected chi connectivity index (χ3v) is 6.16. The standard InChI is InChI=1S/C26H28N4O3S/c1-3-4-5-9-24(31)27-19-7-6-8-21(16-19)33-25-22-17-34-15-14-23(22)29-26(30-25)28-18-10-12-20(32-2)13-11-18/h5-13,16H,3-4,14-15,17H2,1-2H3,(H,27,31)(H,28,29,30)/b9-5+. The van der Waals surface area contributed by atoms with Gasteiger partial charge in [-0.05, 0) is 61.1 Å². The summed E-state index contributed by atoms with van der Waals surface area (Å²) in [7, 11) is 1.64. The fraction of sp³-hybridized carbons (Fsp3) is 0.269. The first-order chi connectivity index (χ1) is 16.6. The number of aryl methyl sites for hydroxylation is 1. The van der Waals surface area contributed by atoms with Crippen molar-refractivity contribution in [1.29, 1.82) is 0 Å². The first kappa shape index (κ1) is 23.6. The van der Waals surface area contributed by atoms with Gasteiger partial charge < -0.3 is 20.1 Å². The van der Waals surface area contributed by atoms with E-state index >= 15 is 0 Å². The molecular weight excluding hydrogens is 448 g/mol. The number of nitrogens with zero attached hydrogens (tertiary/aromatic N) is 2. The number of anilines is 3. The van der Waals surface area contributed by atoms with E-state index < -0.39 is 0 Å². The number of rotatable bonds is 9. The number of benzene rings is 2. The molecule has 0 saturated heterocycles. The summed E-state index contributed by atoms with van der Waals surface area (Å²) in [5.41, 5.74) is 3.52. The molecule has 2 heterocycles. The number of hydrogen-bond acceptors (Lipinski definition) is 7. The smallest absolute Gasteiger partial charge is 0.248 e. The summed E-state index contributed by atoms with van der Waals surface area (Å²) in [6.45, 7) is 2.07. The zero-order valence-corrected chi connectivity index (χ0v) is 20.2. The largest absolute Gasteiger partial charge is 0.497 e. The molecule has 2 N–H and O–H groups in total. The van der Waals surface area contributed by atoms with Gasteiger partial charge in [0.25, 0.3) is 0 Å². The van der Waals surface area contributed by atoms with Crippen LogP contribution in [0.5, 0.6) is 17.4 Å². The third kappa shape index (κ3) is 6.29. The molecule has 8 heteroatoms. The maximum atomic E-state index is 12.1. The minimum Gasteiger partial charge on any atom is -0.497 e. The molecule has 0 saturated carbocycles. The third-order valence-electron chi connectivity index (χ3n) is 5.17. The number of thioether (sulfide) groups is 1. The predicted molar refractivity (Wildman–Crippen MR) is 137 cm³/mol. The molecule has 3 aromatic rings. The van der Waals surface area contributed by atoms with E-state index in [0.29, 0.717) is 23.3 Å². The zero-order valence-electron chi connectivity index (χ0n) is 19.3. The van der Waals surface area contributed by atoms with Crippen LogP contribution in [0.15, 0.2) is 60.7 Å². The van der Waals surface area contributed by atoms with Crippen LogP contribution in [0.1, 0.15) is 31.0 Å². The predicted octanol–water partition coefficient (Wildman–Crippen LogP) is 6.11. The van der Waals surface area contributed by atoms with E-state index in [1.165, 1.54) is 0 Å². The van der Waals surface area contributed by atoms with Gasteiger partial charge in [0.15, 0.2) is 0 Å². The van der Waals surface area contributed by atoms with Gasteiger partial charge in [-0.15, -0.1) is 0 Å². The van der Waals surface area contributed by atoms with E-state index in [9.17, 15) is 4.79 Å². The molecule has 7 nitrogen and oxygen atoms in total. The second kappa shape index (κ2) is 11.6. The fourth-order valence-electron chi connectivity index (χ4n) is 3.44. The van der Waals surface area contributed by atoms with Crippen molar-refractivity contribution < 1.29 is 14.3 Å². The van der Waals surface area contributed by atoms with Crippen LogP contribution in [0.25, 0.3) is 0 Å². The molecule has 4 rings (SSSR count). The SMILES string of the molecule is CCC/C=C/C(=O)Nc1cccc(Oc2nc(Nc3ccc(OC)cc3)nc3c2CSCC3)c1. The molecule has 1 aliphatic heterocycles. The number of carbonyl (C=O) groups excluding carboxylic acids is 1. The van der Waals surface area contributed by atoms with Crippen molar-refractivity contribution in [2.24, 2.45) is 0 Å². The van der Waals surface area contributed by atoms with Crippen molar-refractivity contribution in [2.75, 3.05) is 23.5 Å². The minimum absolute atomic E-state index is 0.160. The Kier molecular flexibility index (Phi) is 8.04. The van der Waals surface area contributed by atoms with Gasteiger partial charge in [0.1, 0.15) is 11.5 Å². The Hall–Kier alpha value is -3.52. The molecule has 0 aliphatic carbocycles. The molecule has 1 aliphatic rings. The maximum absolute atomic E-state index is 12.1. The summed E-state index contributed by atoms with van der Waals surface area (Å²) < 4.78 is 11.4. The van der Waals surface area contributed by atoms with Crippen LogP contribution < -0.4 is 20.1 Å². The van der Waals surface area contributed by atoms with Crippen LogP contribution in [-0.4, -0.2) is 28.7 Å². The summed E-state index contributed by atoms with van der Waals surface area (Å²) in [6, 6.07) is 14.9. The van der Waals surface area contributed by atoms with Crippen LogP contribution in [-0.2, 0) is 17.0 Å². The van der Waals surface area contributed by atoms with Crippen molar-refractivity contribution in [1.82, 2.24) is 9.97 Å². The summed E-state index contributed by atoms with van der Waals surface area (Å²) in [4.78, 5) is 21.5. The minimum atomic E-state index is -0.160. The first-order valence-corrected chi connectivity index (χ1v) is 12.4. The second-order valence-electron chi connectivity index (χ2n) is 7.74. The lowest BCUT2D eigenvalue weighted by atomic mass is 10.2. The van der Waals surface area contributed by atoms with Gasteiger partial charge in [0.2, 0.25) is 17.7 Å². The first-order valence-electron chi connectivity index (χ1n) is 11.3. The molecule has 0 spiro atoms. The monoisotopic (exact) mass is 476 g/mol. The lowest BCUT2D eigenvalue weighted by molar-refractivity contribution is -0.111. The van der Waals surface area contributed by atoms with E-state index in [1.54, 1.807) is 19.3 Å². The summed E-state index contributed by atoms with van der Waals surface area (Å²) in [5.74, 6) is 4.04. The summed E-state index contributed by atoms with van der Waals surface area (Å²) in [5, 5.41) is 6.14. The summed E-state index contributed by atoms with van der Waals surface area (Å²) in [6.07, 6.45) is 6.17. The highest BCUT2D eigenvalue weighted by molar-refractivity contribution is 7.98. The Morgan fingerprint density at radius 2 is 1.97 bits per heavy atom. The normalized spacial score (nSPS) is 12.8. The van der Waals surface area contributed by atoms with Crippen LogP contribution in [0.3, 0.4) is 0 Å². The van der Waals surface area contributed by atoms with E-state index in [-0.39, 0.29) is 5.91 Å². The van der Waals surface area contributed by atoms with Gasteiger partial charge in [-0.2, -0.15) is 16.7 Å². The molecule has 176 valence electrons. The van der Waals surface area contributed by atoms with Crippen LogP contribution in [0.2, 0.25) is 0 Å². The van der Waals surface area contributed by atoms with Crippen molar-refractivity contribution >= 4 is 35.0 Å². The Labute approximate surface area is 204 Å². The number of aromatic nitrogens is 2.